The van der Waals surface area contributed by atoms with E-state index in [1.807, 2.05) is 11.3 Å². The lowest BCUT2D eigenvalue weighted by Gasteiger charge is -2.48. The van der Waals surface area contributed by atoms with Gasteiger partial charge < -0.3 is 19.1 Å². The molecule has 402 valence electrons. The third-order valence-corrected chi connectivity index (χ3v) is 19.8. The highest BCUT2D eigenvalue weighted by atomic mass is 32.1. The summed E-state index contributed by atoms with van der Waals surface area (Å²) in [6.07, 6.45) is 2.24. The van der Waals surface area contributed by atoms with E-state index in [1.165, 1.54) is 87.0 Å². The van der Waals surface area contributed by atoms with Gasteiger partial charge in [-0.05, 0) is 164 Å². The first kappa shape index (κ1) is 50.6. The van der Waals surface area contributed by atoms with Gasteiger partial charge in [-0.2, -0.15) is 0 Å². The summed E-state index contributed by atoms with van der Waals surface area (Å²) < 4.78 is 9.26. The Morgan fingerprint density at radius 1 is 0.488 bits per heavy atom. The van der Waals surface area contributed by atoms with Crippen molar-refractivity contribution in [2.45, 2.75) is 104 Å². The molecular weight excluding hydrogens is 1010 g/mol. The van der Waals surface area contributed by atoms with Gasteiger partial charge in [0.1, 0.15) is 11.2 Å². The SMILES string of the molecule is CC(C)(C)c1ccc(N2c3cc(N(c4ccccc4)c4ccccc4)cc4c3B(c3cc5c(cc3N4c3ccc4oc6ccccc6c4c3)C(C)(C)CCC5(C)C)c3ccc4sc5c(C(C)(C)C)cccc5c4c32)c(-c2ccccc2)c1. The Morgan fingerprint density at radius 2 is 1.11 bits per heavy atom. The van der Waals surface area contributed by atoms with Crippen molar-refractivity contribution in [3.05, 3.63) is 229 Å². The first-order valence-electron chi connectivity index (χ1n) is 29.4. The summed E-state index contributed by atoms with van der Waals surface area (Å²) >= 11 is 1.95. The standard InChI is InChI=1S/C76H68BN3OS/c1-73(2,3)48-33-36-62(55(41-48)47-23-14-11-15-24-47)80-65-44-52(78(49-25-16-12-17-26-49)50-27-18-13-19-28-50)43-64-70(65)77(60-35-38-68-69(71(60)80)54-30-22-31-57(72(54)82-68)74(4,5)6)61-45-58-59(76(9,10)40-39-75(58,7)8)46-63(61)79(64)51-34-37-67-56(42-51)53-29-20-21-32-66(53)81-67/h11-38,41-46H,39-40H2,1-10H3. The molecular formula is C76H68BN3OS. The van der Waals surface area contributed by atoms with E-state index in [4.69, 9.17) is 4.42 Å². The van der Waals surface area contributed by atoms with Crippen LogP contribution in [0.15, 0.2) is 211 Å². The zero-order chi connectivity index (χ0) is 56.2. The fraction of sp³-hybridized carbons (Fsp3) is 0.211. The molecule has 4 nitrogen and oxygen atoms in total. The van der Waals surface area contributed by atoms with Gasteiger partial charge in [0.15, 0.2) is 0 Å². The molecule has 0 bridgehead atoms. The van der Waals surface area contributed by atoms with Gasteiger partial charge in [0, 0.05) is 70.6 Å². The number of hydrogen-bond donors (Lipinski definition) is 0. The predicted molar refractivity (Wildman–Crippen MR) is 353 cm³/mol. The molecule has 0 saturated carbocycles. The molecule has 15 rings (SSSR count). The molecule has 4 heterocycles. The summed E-state index contributed by atoms with van der Waals surface area (Å²) in [5.41, 5.74) is 23.8. The van der Waals surface area contributed by atoms with Crippen LogP contribution < -0.4 is 31.1 Å². The van der Waals surface area contributed by atoms with Gasteiger partial charge in [0.2, 0.25) is 0 Å². The molecule has 0 radical (unpaired) electrons. The monoisotopic (exact) mass is 1080 g/mol. The minimum atomic E-state index is -0.123. The molecule has 82 heavy (non-hydrogen) atoms. The molecule has 12 aromatic rings. The Bertz CT molecular complexity index is 4520. The number of fused-ring (bicyclic) bond motifs is 12. The molecule has 6 heteroatoms. The number of para-hydroxylation sites is 3. The van der Waals surface area contributed by atoms with E-state index < -0.39 is 0 Å². The maximum atomic E-state index is 6.60. The van der Waals surface area contributed by atoms with E-state index in [0.29, 0.717) is 0 Å². The summed E-state index contributed by atoms with van der Waals surface area (Å²) in [5, 5.41) is 4.84. The lowest BCUT2D eigenvalue weighted by atomic mass is 9.33. The Labute approximate surface area is 487 Å². The summed E-state index contributed by atoms with van der Waals surface area (Å²) in [6, 6.07) is 78.2. The van der Waals surface area contributed by atoms with Crippen molar-refractivity contribution in [2.75, 3.05) is 14.7 Å². The lowest BCUT2D eigenvalue weighted by Crippen LogP contribution is -2.62. The third-order valence-electron chi connectivity index (χ3n) is 18.5. The lowest BCUT2D eigenvalue weighted by molar-refractivity contribution is 0.332. The minimum absolute atomic E-state index is 0.0298. The fourth-order valence-electron chi connectivity index (χ4n) is 14.2. The highest BCUT2D eigenvalue weighted by Crippen LogP contribution is 2.56. The maximum Gasteiger partial charge on any atom is 0.252 e. The van der Waals surface area contributed by atoms with Crippen molar-refractivity contribution in [3.8, 4) is 11.1 Å². The van der Waals surface area contributed by atoms with Crippen LogP contribution in [-0.2, 0) is 21.7 Å². The fourth-order valence-corrected chi connectivity index (χ4v) is 15.6. The van der Waals surface area contributed by atoms with Crippen molar-refractivity contribution in [3.63, 3.8) is 0 Å². The van der Waals surface area contributed by atoms with Crippen LogP contribution in [0.3, 0.4) is 0 Å². The second-order valence-electron chi connectivity index (χ2n) is 26.8. The average molecular weight is 1080 g/mol. The number of thiophene rings is 1. The molecule has 0 amide bonds. The van der Waals surface area contributed by atoms with E-state index in [0.717, 1.165) is 68.9 Å². The van der Waals surface area contributed by atoms with Crippen molar-refractivity contribution < 1.29 is 4.42 Å². The van der Waals surface area contributed by atoms with Crippen LogP contribution in [0.1, 0.15) is 104 Å². The topological polar surface area (TPSA) is 22.9 Å². The average Bonchev–Trinajstić information content (AvgIpc) is 3.60. The molecule has 2 aromatic heterocycles. The number of rotatable bonds is 6. The van der Waals surface area contributed by atoms with E-state index in [-0.39, 0.29) is 28.4 Å². The van der Waals surface area contributed by atoms with Gasteiger partial charge >= 0.3 is 0 Å². The number of benzene rings is 10. The quantitative estimate of drug-likeness (QED) is 0.155. The molecule has 0 saturated heterocycles. The molecule has 3 aliphatic rings. The van der Waals surface area contributed by atoms with Gasteiger partial charge in [-0.3, -0.25) is 0 Å². The van der Waals surface area contributed by atoms with Crippen LogP contribution in [0.2, 0.25) is 0 Å². The van der Waals surface area contributed by atoms with Crippen molar-refractivity contribution >= 4 is 128 Å². The summed E-state index contributed by atoms with van der Waals surface area (Å²) in [4.78, 5) is 7.83. The van der Waals surface area contributed by atoms with Crippen molar-refractivity contribution in [2.24, 2.45) is 0 Å². The Balaban J connectivity index is 1.15. The highest BCUT2D eigenvalue weighted by molar-refractivity contribution is 7.26. The first-order valence-corrected chi connectivity index (χ1v) is 30.2. The third kappa shape index (κ3) is 7.77. The molecule has 1 aliphatic carbocycles. The van der Waals surface area contributed by atoms with Crippen LogP contribution in [0, 0.1) is 0 Å². The van der Waals surface area contributed by atoms with E-state index in [2.05, 4.69) is 290 Å². The van der Waals surface area contributed by atoms with E-state index in [1.54, 1.807) is 0 Å². The molecule has 0 unspecified atom stereocenters. The van der Waals surface area contributed by atoms with E-state index >= 15 is 0 Å². The van der Waals surface area contributed by atoms with Gasteiger partial charge in [0.25, 0.3) is 6.71 Å². The molecule has 0 spiro atoms. The number of furan rings is 1. The summed E-state index contributed by atoms with van der Waals surface area (Å²) in [5.74, 6) is 0. The Kier molecular flexibility index (Phi) is 11.2. The molecule has 0 atom stereocenters. The Hall–Kier alpha value is -8.32. The van der Waals surface area contributed by atoms with Gasteiger partial charge in [-0.25, -0.2) is 0 Å². The van der Waals surface area contributed by atoms with Crippen molar-refractivity contribution in [1.82, 2.24) is 0 Å². The zero-order valence-electron chi connectivity index (χ0n) is 48.8. The van der Waals surface area contributed by atoms with Crippen LogP contribution in [0.25, 0.3) is 53.2 Å². The maximum absolute atomic E-state index is 6.60. The summed E-state index contributed by atoms with van der Waals surface area (Å²) in [6.45, 7) is 23.9. The van der Waals surface area contributed by atoms with Gasteiger partial charge in [0.05, 0.1) is 17.1 Å². The minimum Gasteiger partial charge on any atom is -0.456 e. The highest BCUT2D eigenvalue weighted by Gasteiger charge is 2.48. The van der Waals surface area contributed by atoms with Crippen LogP contribution in [0.4, 0.5) is 51.2 Å². The number of nitrogens with zero attached hydrogens (tertiary/aromatic N) is 3. The van der Waals surface area contributed by atoms with Crippen molar-refractivity contribution in [1.29, 1.82) is 0 Å². The smallest absolute Gasteiger partial charge is 0.252 e. The zero-order valence-corrected chi connectivity index (χ0v) is 49.6. The second kappa shape index (κ2) is 18.1. The largest absolute Gasteiger partial charge is 0.456 e. The van der Waals surface area contributed by atoms with Crippen LogP contribution in [0.5, 0.6) is 0 Å². The predicted octanol–water partition coefficient (Wildman–Crippen LogP) is 20.1. The first-order chi connectivity index (χ1) is 39.4. The number of anilines is 9. The van der Waals surface area contributed by atoms with E-state index in [9.17, 15) is 0 Å². The molecule has 10 aromatic carbocycles. The molecule has 0 fully saturated rings. The second-order valence-corrected chi connectivity index (χ2v) is 27.8. The number of hydrogen-bond acceptors (Lipinski definition) is 5. The van der Waals surface area contributed by atoms with Crippen LogP contribution in [-0.4, -0.2) is 6.71 Å². The molecule has 0 N–H and O–H groups in total. The van der Waals surface area contributed by atoms with Crippen LogP contribution >= 0.6 is 11.3 Å². The molecule has 2 aliphatic heterocycles. The summed E-state index contributed by atoms with van der Waals surface area (Å²) in [7, 11) is 0. The normalized spacial score (nSPS) is 15.2. The van der Waals surface area contributed by atoms with Gasteiger partial charge in [-0.1, -0.05) is 191 Å². The van der Waals surface area contributed by atoms with Gasteiger partial charge in [-0.15, -0.1) is 11.3 Å². The Morgan fingerprint density at radius 3 is 1.79 bits per heavy atom.